The molecule has 0 spiro atoms. The third-order valence-corrected chi connectivity index (χ3v) is 4.80. The topological polar surface area (TPSA) is 40.6 Å². The number of anilines is 1. The molecule has 1 aromatic carbocycles. The van der Waals surface area contributed by atoms with E-state index in [1.807, 2.05) is 29.2 Å². The molecule has 2 fully saturated rings. The summed E-state index contributed by atoms with van der Waals surface area (Å²) < 4.78 is 0. The van der Waals surface area contributed by atoms with Gasteiger partial charge in [0, 0.05) is 26.1 Å². The molecule has 0 aliphatic carbocycles. The molecule has 3 rings (SSSR count). The van der Waals surface area contributed by atoms with Crippen molar-refractivity contribution in [2.75, 3.05) is 30.3 Å². The molecule has 0 radical (unpaired) electrons. The monoisotopic (exact) mass is 304 g/mol. The summed E-state index contributed by atoms with van der Waals surface area (Å²) in [7, 11) is 0. The number of likely N-dealkylation sites (tertiary alicyclic amines) is 1. The Labute approximate surface area is 130 Å². The van der Waals surface area contributed by atoms with Crippen molar-refractivity contribution in [2.45, 2.75) is 19.3 Å². The predicted molar refractivity (Wildman–Crippen MR) is 85.9 cm³/mol. The van der Waals surface area contributed by atoms with Crippen LogP contribution in [0.3, 0.4) is 0 Å². The molecule has 1 atom stereocenters. The van der Waals surface area contributed by atoms with E-state index in [-0.39, 0.29) is 17.7 Å². The van der Waals surface area contributed by atoms with Gasteiger partial charge in [-0.1, -0.05) is 12.1 Å². The maximum atomic E-state index is 12.7. The molecule has 0 N–H and O–H groups in total. The molecule has 21 heavy (non-hydrogen) atoms. The average molecular weight is 304 g/mol. The Balaban J connectivity index is 1.89. The number of nitrogens with zero attached hydrogens (tertiary/aromatic N) is 2. The summed E-state index contributed by atoms with van der Waals surface area (Å²) in [5.74, 6) is 1.11. The summed E-state index contributed by atoms with van der Waals surface area (Å²) in [4.78, 5) is 28.5. The normalized spacial score (nSPS) is 22.1. The van der Waals surface area contributed by atoms with Crippen LogP contribution in [0.4, 0.5) is 5.69 Å². The molecule has 4 nitrogen and oxygen atoms in total. The Hall–Kier alpha value is -1.49. The first-order chi connectivity index (χ1) is 10.2. The summed E-state index contributed by atoms with van der Waals surface area (Å²) in [5, 5.41) is 0. The number of carbonyl (C=O) groups excluding carboxylic acids is 2. The number of carbonyl (C=O) groups is 2. The minimum Gasteiger partial charge on any atom is -0.339 e. The van der Waals surface area contributed by atoms with Crippen LogP contribution >= 0.6 is 12.6 Å². The van der Waals surface area contributed by atoms with Gasteiger partial charge in [0.05, 0.1) is 11.3 Å². The quantitative estimate of drug-likeness (QED) is 0.870. The first-order valence-electron chi connectivity index (χ1n) is 7.50. The highest BCUT2D eigenvalue weighted by Crippen LogP contribution is 2.29. The molecule has 112 valence electrons. The smallest absolute Gasteiger partial charge is 0.255 e. The highest BCUT2D eigenvalue weighted by atomic mass is 32.1. The highest BCUT2D eigenvalue weighted by molar-refractivity contribution is 7.80. The fourth-order valence-corrected chi connectivity index (χ4v) is 3.36. The van der Waals surface area contributed by atoms with E-state index in [1.54, 1.807) is 4.90 Å². The first kappa shape index (κ1) is 14.4. The van der Waals surface area contributed by atoms with E-state index in [9.17, 15) is 9.59 Å². The number of amides is 2. The first-order valence-corrected chi connectivity index (χ1v) is 8.13. The molecular formula is C16H20N2O2S. The van der Waals surface area contributed by atoms with E-state index in [1.165, 1.54) is 0 Å². The fraction of sp³-hybridized carbons (Fsp3) is 0.500. The van der Waals surface area contributed by atoms with Crippen LogP contribution in [0.25, 0.3) is 0 Å². The van der Waals surface area contributed by atoms with Gasteiger partial charge in [-0.05, 0) is 36.6 Å². The van der Waals surface area contributed by atoms with E-state index in [0.717, 1.165) is 31.6 Å². The Morgan fingerprint density at radius 3 is 2.62 bits per heavy atom. The van der Waals surface area contributed by atoms with Crippen molar-refractivity contribution in [2.24, 2.45) is 5.92 Å². The van der Waals surface area contributed by atoms with Crippen molar-refractivity contribution in [3.05, 3.63) is 29.8 Å². The van der Waals surface area contributed by atoms with Gasteiger partial charge in [-0.25, -0.2) is 0 Å². The SMILES string of the molecule is O=C(c1ccccc1N1CC(CS)CC1=O)N1CCCC1. The second-order valence-corrected chi connectivity index (χ2v) is 6.14. The lowest BCUT2D eigenvalue weighted by Gasteiger charge is -2.22. The van der Waals surface area contributed by atoms with Crippen molar-refractivity contribution < 1.29 is 9.59 Å². The van der Waals surface area contributed by atoms with Gasteiger partial charge in [-0.2, -0.15) is 12.6 Å². The van der Waals surface area contributed by atoms with Crippen LogP contribution < -0.4 is 4.90 Å². The fourth-order valence-electron chi connectivity index (χ4n) is 3.12. The van der Waals surface area contributed by atoms with Gasteiger partial charge in [-0.3, -0.25) is 9.59 Å². The summed E-state index contributed by atoms with van der Waals surface area (Å²) in [6, 6.07) is 7.46. The minimum absolute atomic E-state index is 0.0465. The Morgan fingerprint density at radius 1 is 1.24 bits per heavy atom. The van der Waals surface area contributed by atoms with Crippen LogP contribution in [0.1, 0.15) is 29.6 Å². The number of para-hydroxylation sites is 1. The number of thiol groups is 1. The molecule has 2 aliphatic rings. The van der Waals surface area contributed by atoms with E-state index >= 15 is 0 Å². The summed E-state index contributed by atoms with van der Waals surface area (Å²) >= 11 is 4.29. The van der Waals surface area contributed by atoms with Gasteiger partial charge in [0.15, 0.2) is 0 Å². The lowest BCUT2D eigenvalue weighted by molar-refractivity contribution is -0.117. The number of benzene rings is 1. The molecule has 2 saturated heterocycles. The molecule has 5 heteroatoms. The highest BCUT2D eigenvalue weighted by Gasteiger charge is 2.32. The molecule has 0 bridgehead atoms. The van der Waals surface area contributed by atoms with Crippen molar-refractivity contribution in [3.63, 3.8) is 0 Å². The van der Waals surface area contributed by atoms with Crippen LogP contribution in [0.5, 0.6) is 0 Å². The second-order valence-electron chi connectivity index (χ2n) is 5.77. The van der Waals surface area contributed by atoms with Crippen molar-refractivity contribution >= 4 is 30.1 Å². The summed E-state index contributed by atoms with van der Waals surface area (Å²) in [6.45, 7) is 2.30. The maximum absolute atomic E-state index is 12.7. The Morgan fingerprint density at radius 2 is 1.95 bits per heavy atom. The van der Waals surface area contributed by atoms with Crippen molar-refractivity contribution in [1.29, 1.82) is 0 Å². The standard InChI is InChI=1S/C16H20N2O2S/c19-15-9-12(11-21)10-18(15)14-6-2-1-5-13(14)16(20)17-7-3-4-8-17/h1-2,5-6,12,21H,3-4,7-11H2. The number of hydrogen-bond acceptors (Lipinski definition) is 3. The Bertz CT molecular complexity index is 555. The largest absolute Gasteiger partial charge is 0.339 e. The molecule has 1 unspecified atom stereocenters. The lowest BCUT2D eigenvalue weighted by atomic mass is 10.1. The molecule has 2 aliphatic heterocycles. The third-order valence-electron chi connectivity index (χ3n) is 4.28. The minimum atomic E-state index is 0.0465. The molecule has 2 heterocycles. The zero-order chi connectivity index (χ0) is 14.8. The third kappa shape index (κ3) is 2.79. The average Bonchev–Trinajstić information content (AvgIpc) is 3.16. The maximum Gasteiger partial charge on any atom is 0.255 e. The molecular weight excluding hydrogens is 284 g/mol. The van der Waals surface area contributed by atoms with Gasteiger partial charge in [0.1, 0.15) is 0 Å². The van der Waals surface area contributed by atoms with Crippen LogP contribution in [-0.4, -0.2) is 42.1 Å². The molecule has 2 amide bonds. The zero-order valence-corrected chi connectivity index (χ0v) is 12.9. The number of hydrogen-bond donors (Lipinski definition) is 1. The summed E-state index contributed by atoms with van der Waals surface area (Å²) in [5.41, 5.74) is 1.40. The van der Waals surface area contributed by atoms with E-state index in [4.69, 9.17) is 0 Å². The second kappa shape index (κ2) is 6.10. The van der Waals surface area contributed by atoms with Crippen LogP contribution in [0.2, 0.25) is 0 Å². The van der Waals surface area contributed by atoms with Crippen molar-refractivity contribution in [3.8, 4) is 0 Å². The van der Waals surface area contributed by atoms with Crippen LogP contribution in [0.15, 0.2) is 24.3 Å². The van der Waals surface area contributed by atoms with Gasteiger partial charge < -0.3 is 9.80 Å². The number of rotatable bonds is 3. The predicted octanol–water partition coefficient (Wildman–Crippen LogP) is 2.21. The van der Waals surface area contributed by atoms with E-state index in [2.05, 4.69) is 12.6 Å². The van der Waals surface area contributed by atoms with E-state index in [0.29, 0.717) is 24.3 Å². The molecule has 0 saturated carbocycles. The Kier molecular flexibility index (Phi) is 4.19. The van der Waals surface area contributed by atoms with Gasteiger partial charge in [0.25, 0.3) is 5.91 Å². The van der Waals surface area contributed by atoms with E-state index < -0.39 is 0 Å². The molecule has 0 aromatic heterocycles. The van der Waals surface area contributed by atoms with Crippen LogP contribution in [-0.2, 0) is 4.79 Å². The lowest BCUT2D eigenvalue weighted by Crippen LogP contribution is -2.32. The van der Waals surface area contributed by atoms with Crippen LogP contribution in [0, 0.1) is 5.92 Å². The van der Waals surface area contributed by atoms with Crippen molar-refractivity contribution in [1.82, 2.24) is 4.90 Å². The van der Waals surface area contributed by atoms with Gasteiger partial charge >= 0.3 is 0 Å². The van der Waals surface area contributed by atoms with Gasteiger partial charge in [-0.15, -0.1) is 0 Å². The molecule has 1 aromatic rings. The van der Waals surface area contributed by atoms with Gasteiger partial charge in [0.2, 0.25) is 5.91 Å². The summed E-state index contributed by atoms with van der Waals surface area (Å²) in [6.07, 6.45) is 2.66. The zero-order valence-electron chi connectivity index (χ0n) is 12.0.